The second kappa shape index (κ2) is 9.25. The maximum Gasteiger partial charge on any atom is 0.331 e. The van der Waals surface area contributed by atoms with E-state index in [1.54, 1.807) is 13.2 Å². The molecule has 0 bridgehead atoms. The number of para-hydroxylation sites is 1. The lowest BCUT2D eigenvalue weighted by Crippen LogP contribution is -2.45. The summed E-state index contributed by atoms with van der Waals surface area (Å²) in [5.41, 5.74) is 0.774. The van der Waals surface area contributed by atoms with Crippen LogP contribution in [0.3, 0.4) is 0 Å². The van der Waals surface area contributed by atoms with Crippen molar-refractivity contribution in [3.63, 3.8) is 0 Å². The van der Waals surface area contributed by atoms with Crippen LogP contribution in [0.25, 0.3) is 6.08 Å². The van der Waals surface area contributed by atoms with Crippen molar-refractivity contribution in [2.24, 2.45) is 11.8 Å². The molecule has 1 aromatic rings. The summed E-state index contributed by atoms with van der Waals surface area (Å²) in [5.74, 6) is 0.921. The van der Waals surface area contributed by atoms with E-state index in [4.69, 9.17) is 9.47 Å². The summed E-state index contributed by atoms with van der Waals surface area (Å²) in [6.45, 7) is 4.12. The molecule has 0 spiro atoms. The van der Waals surface area contributed by atoms with Crippen LogP contribution < -0.4 is 10.1 Å². The van der Waals surface area contributed by atoms with Gasteiger partial charge in [-0.2, -0.15) is 0 Å². The standard InChI is InChI=1S/C20H27NO4/c1-14-7-6-9-17(15(14)2)21-19(22)13-25-20(23)12-11-16-8-4-5-10-18(16)24-3/h4-5,8,10-12,14-15,17H,6-7,9,13H2,1-3H3,(H,21,22). The predicted molar refractivity (Wildman–Crippen MR) is 97.1 cm³/mol. The molecule has 0 aliphatic heterocycles. The van der Waals surface area contributed by atoms with Gasteiger partial charge in [0.1, 0.15) is 5.75 Å². The molecule has 0 radical (unpaired) electrons. The number of hydrogen-bond donors (Lipinski definition) is 1. The largest absolute Gasteiger partial charge is 0.496 e. The Labute approximate surface area is 149 Å². The van der Waals surface area contributed by atoms with Gasteiger partial charge in [-0.05, 0) is 30.4 Å². The molecule has 2 rings (SSSR count). The van der Waals surface area contributed by atoms with Crippen LogP contribution in [0.15, 0.2) is 30.3 Å². The molecule has 1 amide bonds. The Morgan fingerprint density at radius 3 is 2.76 bits per heavy atom. The number of carbonyl (C=O) groups is 2. The summed E-state index contributed by atoms with van der Waals surface area (Å²) < 4.78 is 10.2. The predicted octanol–water partition coefficient (Wildman–Crippen LogP) is 3.19. The molecule has 1 saturated carbocycles. The van der Waals surface area contributed by atoms with Crippen molar-refractivity contribution in [3.8, 4) is 5.75 Å². The fourth-order valence-corrected chi connectivity index (χ4v) is 3.18. The Morgan fingerprint density at radius 2 is 2.00 bits per heavy atom. The van der Waals surface area contributed by atoms with Crippen LogP contribution in [0.4, 0.5) is 0 Å². The van der Waals surface area contributed by atoms with Crippen molar-refractivity contribution < 1.29 is 19.1 Å². The molecule has 0 heterocycles. The lowest BCUT2D eigenvalue weighted by molar-refractivity contribution is -0.144. The molecule has 5 heteroatoms. The average molecular weight is 345 g/mol. The summed E-state index contributed by atoms with van der Waals surface area (Å²) in [4.78, 5) is 23.8. The molecule has 0 aromatic heterocycles. The molecule has 1 aliphatic carbocycles. The zero-order valence-corrected chi connectivity index (χ0v) is 15.2. The molecule has 1 aliphatic rings. The molecule has 1 aromatic carbocycles. The van der Waals surface area contributed by atoms with E-state index < -0.39 is 5.97 Å². The highest BCUT2D eigenvalue weighted by Crippen LogP contribution is 2.29. The normalized spacial score (nSPS) is 23.2. The first-order valence-corrected chi connectivity index (χ1v) is 8.78. The van der Waals surface area contributed by atoms with Crippen LogP contribution in [0.5, 0.6) is 5.75 Å². The fourth-order valence-electron chi connectivity index (χ4n) is 3.18. The van der Waals surface area contributed by atoms with Crippen molar-refractivity contribution in [2.45, 2.75) is 39.2 Å². The van der Waals surface area contributed by atoms with Gasteiger partial charge in [0.2, 0.25) is 0 Å². The Balaban J connectivity index is 1.79. The van der Waals surface area contributed by atoms with E-state index in [-0.39, 0.29) is 18.6 Å². The van der Waals surface area contributed by atoms with E-state index in [2.05, 4.69) is 19.2 Å². The average Bonchev–Trinajstić information content (AvgIpc) is 2.62. The van der Waals surface area contributed by atoms with E-state index in [1.165, 1.54) is 12.5 Å². The number of ether oxygens (including phenoxy) is 2. The third-order valence-corrected chi connectivity index (χ3v) is 4.94. The fraction of sp³-hybridized carbons (Fsp3) is 0.500. The van der Waals surface area contributed by atoms with Gasteiger partial charge >= 0.3 is 5.97 Å². The Kier molecular flexibility index (Phi) is 7.04. The number of rotatable bonds is 6. The van der Waals surface area contributed by atoms with Crippen molar-refractivity contribution in [1.29, 1.82) is 0 Å². The van der Waals surface area contributed by atoms with Gasteiger partial charge in [-0.1, -0.05) is 44.9 Å². The molecule has 3 unspecified atom stereocenters. The van der Waals surface area contributed by atoms with E-state index >= 15 is 0 Å². The highest BCUT2D eigenvalue weighted by atomic mass is 16.5. The molecule has 25 heavy (non-hydrogen) atoms. The third kappa shape index (κ3) is 5.62. The van der Waals surface area contributed by atoms with E-state index in [9.17, 15) is 9.59 Å². The smallest absolute Gasteiger partial charge is 0.331 e. The molecule has 3 atom stereocenters. The van der Waals surface area contributed by atoms with E-state index in [1.807, 2.05) is 24.3 Å². The highest BCUT2D eigenvalue weighted by Gasteiger charge is 2.28. The number of hydrogen-bond acceptors (Lipinski definition) is 4. The number of benzene rings is 1. The van der Waals surface area contributed by atoms with Crippen LogP contribution in [0, 0.1) is 11.8 Å². The summed E-state index contributed by atoms with van der Waals surface area (Å²) in [7, 11) is 1.57. The number of carbonyl (C=O) groups excluding carboxylic acids is 2. The first-order valence-electron chi connectivity index (χ1n) is 8.78. The number of methoxy groups -OCH3 is 1. The minimum Gasteiger partial charge on any atom is -0.496 e. The number of amides is 1. The summed E-state index contributed by atoms with van der Waals surface area (Å²) in [5, 5.41) is 2.99. The maximum absolute atomic E-state index is 12.0. The van der Waals surface area contributed by atoms with Crippen molar-refractivity contribution in [3.05, 3.63) is 35.9 Å². The van der Waals surface area contributed by atoms with Gasteiger partial charge < -0.3 is 14.8 Å². The SMILES string of the molecule is COc1ccccc1C=CC(=O)OCC(=O)NC1CCCC(C)C1C. The Morgan fingerprint density at radius 1 is 1.24 bits per heavy atom. The van der Waals surface area contributed by atoms with Crippen LogP contribution in [0.2, 0.25) is 0 Å². The van der Waals surface area contributed by atoms with E-state index in [0.717, 1.165) is 18.4 Å². The summed E-state index contributed by atoms with van der Waals surface area (Å²) in [6.07, 6.45) is 6.23. The monoisotopic (exact) mass is 345 g/mol. The Bertz CT molecular complexity index is 626. The zero-order valence-electron chi connectivity index (χ0n) is 15.2. The van der Waals surface area contributed by atoms with Gasteiger partial charge in [0, 0.05) is 17.7 Å². The highest BCUT2D eigenvalue weighted by molar-refractivity contribution is 5.89. The molecule has 0 saturated heterocycles. The van der Waals surface area contributed by atoms with Crippen LogP contribution >= 0.6 is 0 Å². The van der Waals surface area contributed by atoms with Gasteiger partial charge in [0.15, 0.2) is 6.61 Å². The lowest BCUT2D eigenvalue weighted by Gasteiger charge is -2.34. The van der Waals surface area contributed by atoms with Crippen molar-refractivity contribution >= 4 is 18.0 Å². The van der Waals surface area contributed by atoms with Gasteiger partial charge in [0.25, 0.3) is 5.91 Å². The summed E-state index contributed by atoms with van der Waals surface area (Å²) in [6, 6.07) is 7.52. The topological polar surface area (TPSA) is 64.6 Å². The lowest BCUT2D eigenvalue weighted by atomic mass is 9.78. The van der Waals surface area contributed by atoms with Crippen LogP contribution in [0.1, 0.15) is 38.7 Å². The minimum atomic E-state index is -0.550. The quantitative estimate of drug-likeness (QED) is 0.635. The molecular formula is C20H27NO4. The molecule has 1 fully saturated rings. The maximum atomic E-state index is 12.0. The summed E-state index contributed by atoms with van der Waals surface area (Å²) >= 11 is 0. The molecule has 1 N–H and O–H groups in total. The molecule has 5 nitrogen and oxygen atoms in total. The second-order valence-electron chi connectivity index (χ2n) is 6.62. The Hall–Kier alpha value is -2.30. The van der Waals surface area contributed by atoms with Crippen LogP contribution in [-0.4, -0.2) is 31.6 Å². The number of nitrogens with one attached hydrogen (secondary N) is 1. The first-order chi connectivity index (χ1) is 12.0. The van der Waals surface area contributed by atoms with Gasteiger partial charge in [-0.15, -0.1) is 0 Å². The third-order valence-electron chi connectivity index (χ3n) is 4.94. The second-order valence-corrected chi connectivity index (χ2v) is 6.62. The van der Waals surface area contributed by atoms with Gasteiger partial charge in [0.05, 0.1) is 7.11 Å². The zero-order chi connectivity index (χ0) is 18.2. The van der Waals surface area contributed by atoms with Crippen LogP contribution in [-0.2, 0) is 14.3 Å². The number of esters is 1. The molecule has 136 valence electrons. The van der Waals surface area contributed by atoms with Crippen molar-refractivity contribution in [1.82, 2.24) is 5.32 Å². The van der Waals surface area contributed by atoms with Crippen molar-refractivity contribution in [2.75, 3.05) is 13.7 Å². The van der Waals surface area contributed by atoms with Gasteiger partial charge in [-0.25, -0.2) is 4.79 Å². The molecular weight excluding hydrogens is 318 g/mol. The van der Waals surface area contributed by atoms with E-state index in [0.29, 0.717) is 17.6 Å². The minimum absolute atomic E-state index is 0.166. The van der Waals surface area contributed by atoms with Gasteiger partial charge in [-0.3, -0.25) is 4.79 Å². The first kappa shape index (κ1) is 19.0.